The summed E-state index contributed by atoms with van der Waals surface area (Å²) in [6.07, 6.45) is -2.77. The van der Waals surface area contributed by atoms with Crippen molar-refractivity contribution in [2.75, 3.05) is 5.32 Å². The number of halogens is 4. The fourth-order valence-electron chi connectivity index (χ4n) is 1.65. The molecule has 1 aromatic carbocycles. The van der Waals surface area contributed by atoms with Gasteiger partial charge < -0.3 is 5.32 Å². The van der Waals surface area contributed by atoms with Crippen LogP contribution in [0, 0.1) is 6.92 Å². The number of nitrogens with one attached hydrogen (secondary N) is 1. The third kappa shape index (κ3) is 3.69. The first-order chi connectivity index (χ1) is 9.36. The van der Waals surface area contributed by atoms with Crippen LogP contribution in [0.2, 0.25) is 0 Å². The molecule has 0 radical (unpaired) electrons. The maximum Gasteiger partial charge on any atom is 0.417 e. The molecule has 106 valence electrons. The Kier molecular flexibility index (Phi) is 4.27. The average Bonchev–Trinajstić information content (AvgIpc) is 2.36. The van der Waals surface area contributed by atoms with Crippen molar-refractivity contribution in [1.29, 1.82) is 0 Å². The van der Waals surface area contributed by atoms with Crippen LogP contribution >= 0.6 is 15.9 Å². The maximum atomic E-state index is 12.8. The van der Waals surface area contributed by atoms with Gasteiger partial charge in [0, 0.05) is 16.4 Å². The fraction of sp³-hybridized carbons (Fsp3) is 0.231. The molecule has 7 heteroatoms. The molecule has 0 fully saturated rings. The van der Waals surface area contributed by atoms with E-state index in [9.17, 15) is 13.2 Å². The molecule has 0 aliphatic carbocycles. The van der Waals surface area contributed by atoms with Crippen LogP contribution in [0.1, 0.15) is 17.1 Å². The van der Waals surface area contributed by atoms with Crippen molar-refractivity contribution in [3.05, 3.63) is 52.0 Å². The van der Waals surface area contributed by atoms with Crippen LogP contribution in [0.3, 0.4) is 0 Å². The Bertz CT molecular complexity index is 614. The molecule has 0 atom stereocenters. The molecule has 0 amide bonds. The van der Waals surface area contributed by atoms with E-state index in [0.29, 0.717) is 23.8 Å². The van der Waals surface area contributed by atoms with Crippen LogP contribution < -0.4 is 5.32 Å². The van der Waals surface area contributed by atoms with E-state index in [4.69, 9.17) is 0 Å². The third-order valence-corrected chi connectivity index (χ3v) is 3.27. The van der Waals surface area contributed by atoms with Gasteiger partial charge in [-0.15, -0.1) is 0 Å². The molecular formula is C13H11BrF3N3. The van der Waals surface area contributed by atoms with Gasteiger partial charge in [-0.2, -0.15) is 13.2 Å². The molecule has 1 N–H and O–H groups in total. The molecule has 1 heterocycles. The van der Waals surface area contributed by atoms with E-state index in [-0.39, 0.29) is 4.47 Å². The average molecular weight is 346 g/mol. The largest absolute Gasteiger partial charge is 0.417 e. The zero-order valence-electron chi connectivity index (χ0n) is 10.5. The zero-order chi connectivity index (χ0) is 14.8. The van der Waals surface area contributed by atoms with E-state index < -0.39 is 11.7 Å². The van der Waals surface area contributed by atoms with E-state index in [1.165, 1.54) is 6.07 Å². The predicted molar refractivity (Wildman–Crippen MR) is 73.2 cm³/mol. The van der Waals surface area contributed by atoms with Gasteiger partial charge in [0.1, 0.15) is 5.82 Å². The number of rotatable bonds is 3. The Hall–Kier alpha value is -1.63. The molecule has 2 aromatic rings. The topological polar surface area (TPSA) is 37.8 Å². The van der Waals surface area contributed by atoms with Gasteiger partial charge in [-0.25, -0.2) is 9.97 Å². The lowest BCUT2D eigenvalue weighted by Gasteiger charge is -2.12. The number of nitrogens with zero attached hydrogens (tertiary/aromatic N) is 2. The normalized spacial score (nSPS) is 11.4. The Morgan fingerprint density at radius 1 is 1.25 bits per heavy atom. The van der Waals surface area contributed by atoms with Gasteiger partial charge in [-0.05, 0) is 31.2 Å². The minimum absolute atomic E-state index is 0.0217. The van der Waals surface area contributed by atoms with Gasteiger partial charge in [0.15, 0.2) is 0 Å². The first-order valence-corrected chi connectivity index (χ1v) is 6.55. The van der Waals surface area contributed by atoms with Crippen LogP contribution in [0.5, 0.6) is 0 Å². The molecule has 0 spiro atoms. The predicted octanol–water partition coefficient (Wildman–Crippen LogP) is 4.18. The number of aryl methyl sites for hydroxylation is 1. The second kappa shape index (κ2) is 5.78. The Morgan fingerprint density at radius 3 is 2.65 bits per heavy atom. The first-order valence-electron chi connectivity index (χ1n) is 5.75. The van der Waals surface area contributed by atoms with Crippen LogP contribution in [0.4, 0.5) is 18.9 Å². The molecule has 20 heavy (non-hydrogen) atoms. The summed E-state index contributed by atoms with van der Waals surface area (Å²) in [6.45, 7) is 2.09. The fourth-order valence-corrected chi connectivity index (χ4v) is 2.12. The van der Waals surface area contributed by atoms with E-state index >= 15 is 0 Å². The lowest BCUT2D eigenvalue weighted by atomic mass is 10.2. The van der Waals surface area contributed by atoms with Gasteiger partial charge in [0.05, 0.1) is 17.8 Å². The molecule has 0 saturated heterocycles. The van der Waals surface area contributed by atoms with Gasteiger partial charge >= 0.3 is 6.18 Å². The van der Waals surface area contributed by atoms with Crippen LogP contribution in [-0.4, -0.2) is 9.97 Å². The molecule has 0 unspecified atom stereocenters. The lowest BCUT2D eigenvalue weighted by molar-refractivity contribution is -0.138. The second-order valence-corrected chi connectivity index (χ2v) is 5.00. The quantitative estimate of drug-likeness (QED) is 0.906. The number of aromatic nitrogens is 2. The molecule has 3 nitrogen and oxygen atoms in total. The highest BCUT2D eigenvalue weighted by Gasteiger charge is 2.33. The summed E-state index contributed by atoms with van der Waals surface area (Å²) >= 11 is 2.90. The SMILES string of the molecule is Cc1nccc(CNc2ccc(Br)c(C(F)(F)F)c2)n1. The second-order valence-electron chi connectivity index (χ2n) is 4.14. The zero-order valence-corrected chi connectivity index (χ0v) is 12.1. The van der Waals surface area contributed by atoms with Crippen molar-refractivity contribution >= 4 is 21.6 Å². The molecule has 1 aromatic heterocycles. The number of hydrogen-bond acceptors (Lipinski definition) is 3. The summed E-state index contributed by atoms with van der Waals surface area (Å²) in [5.74, 6) is 0.621. The van der Waals surface area contributed by atoms with E-state index in [0.717, 1.165) is 6.07 Å². The molecule has 0 saturated carbocycles. The van der Waals surface area contributed by atoms with Crippen molar-refractivity contribution in [2.24, 2.45) is 0 Å². The highest BCUT2D eigenvalue weighted by atomic mass is 79.9. The van der Waals surface area contributed by atoms with E-state index in [1.807, 2.05) is 0 Å². The Labute approximate surface area is 122 Å². The maximum absolute atomic E-state index is 12.8. The molecule has 0 aliphatic rings. The smallest absolute Gasteiger partial charge is 0.379 e. The van der Waals surface area contributed by atoms with Gasteiger partial charge in [-0.1, -0.05) is 15.9 Å². The summed E-state index contributed by atoms with van der Waals surface area (Å²) in [5.41, 5.74) is 0.395. The standard InChI is InChI=1S/C13H11BrF3N3/c1-8-18-5-4-10(20-8)7-19-9-2-3-12(14)11(6-9)13(15,16)17/h2-6,19H,7H2,1H3. The van der Waals surface area contributed by atoms with Gasteiger partial charge in [-0.3, -0.25) is 0 Å². The summed E-state index contributed by atoms with van der Waals surface area (Å²) in [5, 5.41) is 2.92. The van der Waals surface area contributed by atoms with E-state index in [2.05, 4.69) is 31.2 Å². The Balaban J connectivity index is 2.14. The Morgan fingerprint density at radius 2 is 2.00 bits per heavy atom. The number of alkyl halides is 3. The van der Waals surface area contributed by atoms with Crippen molar-refractivity contribution in [2.45, 2.75) is 19.6 Å². The summed E-state index contributed by atoms with van der Waals surface area (Å²) < 4.78 is 38.3. The van der Waals surface area contributed by atoms with Crippen molar-refractivity contribution in [3.63, 3.8) is 0 Å². The molecule has 2 rings (SSSR count). The van der Waals surface area contributed by atoms with Crippen molar-refractivity contribution < 1.29 is 13.2 Å². The van der Waals surface area contributed by atoms with Crippen molar-refractivity contribution in [1.82, 2.24) is 9.97 Å². The number of hydrogen-bond donors (Lipinski definition) is 1. The third-order valence-electron chi connectivity index (χ3n) is 2.58. The monoisotopic (exact) mass is 345 g/mol. The first kappa shape index (κ1) is 14.8. The van der Waals surface area contributed by atoms with Gasteiger partial charge in [0.25, 0.3) is 0 Å². The minimum Gasteiger partial charge on any atom is -0.379 e. The number of benzene rings is 1. The van der Waals surface area contributed by atoms with Crippen LogP contribution in [0.25, 0.3) is 0 Å². The highest BCUT2D eigenvalue weighted by Crippen LogP contribution is 2.36. The lowest BCUT2D eigenvalue weighted by Crippen LogP contribution is -2.08. The van der Waals surface area contributed by atoms with Crippen LogP contribution in [0.15, 0.2) is 34.9 Å². The summed E-state index contributed by atoms with van der Waals surface area (Å²) in [4.78, 5) is 8.13. The van der Waals surface area contributed by atoms with Gasteiger partial charge in [0.2, 0.25) is 0 Å². The molecule has 0 bridgehead atoms. The minimum atomic E-state index is -4.39. The summed E-state index contributed by atoms with van der Waals surface area (Å²) in [7, 11) is 0. The van der Waals surface area contributed by atoms with E-state index in [1.54, 1.807) is 25.3 Å². The molecular weight excluding hydrogens is 335 g/mol. The highest BCUT2D eigenvalue weighted by molar-refractivity contribution is 9.10. The summed E-state index contributed by atoms with van der Waals surface area (Å²) in [6, 6.07) is 5.73. The number of anilines is 1. The molecule has 0 aliphatic heterocycles. The van der Waals surface area contributed by atoms with Crippen molar-refractivity contribution in [3.8, 4) is 0 Å². The van der Waals surface area contributed by atoms with Crippen LogP contribution in [-0.2, 0) is 12.7 Å².